The molecule has 134 valence electrons. The zero-order valence-corrected chi connectivity index (χ0v) is 15.2. The van der Waals surface area contributed by atoms with Crippen molar-refractivity contribution in [3.63, 3.8) is 0 Å². The third-order valence-corrected chi connectivity index (χ3v) is 6.41. The number of amides is 1. The van der Waals surface area contributed by atoms with Crippen molar-refractivity contribution in [3.05, 3.63) is 41.7 Å². The van der Waals surface area contributed by atoms with Crippen molar-refractivity contribution in [1.82, 2.24) is 24.6 Å². The van der Waals surface area contributed by atoms with Crippen LogP contribution in [0.4, 0.5) is 0 Å². The van der Waals surface area contributed by atoms with Crippen molar-refractivity contribution in [2.75, 3.05) is 13.1 Å². The van der Waals surface area contributed by atoms with Crippen LogP contribution in [-0.4, -0.2) is 64.1 Å². The van der Waals surface area contributed by atoms with Gasteiger partial charge < -0.3 is 4.90 Å². The van der Waals surface area contributed by atoms with Crippen LogP contribution >= 0.6 is 0 Å². The minimum absolute atomic E-state index is 0.225. The lowest BCUT2D eigenvalue weighted by atomic mass is 10.1. The standard InChI is InChI=1S/C16H21N5O3S/c1-11-5-4-6-14(7-11)25(23,24)21-10-12(2)20(9-13(21)3)16(22)15-8-17-19-18-15/h4-8,12-13H,9-10H2,1-3H3,(H,17,18,19)/t12-,13+/m0/s1. The summed E-state index contributed by atoms with van der Waals surface area (Å²) in [6, 6.07) is 6.28. The average Bonchev–Trinajstić information content (AvgIpc) is 3.10. The van der Waals surface area contributed by atoms with Gasteiger partial charge in [-0.1, -0.05) is 17.3 Å². The lowest BCUT2D eigenvalue weighted by molar-refractivity contribution is 0.0501. The van der Waals surface area contributed by atoms with Crippen LogP contribution in [0, 0.1) is 6.92 Å². The number of sulfonamides is 1. The second-order valence-electron chi connectivity index (χ2n) is 6.42. The number of aromatic nitrogens is 3. The van der Waals surface area contributed by atoms with Gasteiger partial charge in [0.1, 0.15) is 5.69 Å². The first-order chi connectivity index (χ1) is 11.8. The molecule has 1 aliphatic heterocycles. The second kappa shape index (κ2) is 6.57. The van der Waals surface area contributed by atoms with Crippen molar-refractivity contribution in [1.29, 1.82) is 0 Å². The fourth-order valence-corrected chi connectivity index (χ4v) is 4.89. The molecule has 2 heterocycles. The van der Waals surface area contributed by atoms with Gasteiger partial charge >= 0.3 is 0 Å². The summed E-state index contributed by atoms with van der Waals surface area (Å²) in [6.45, 7) is 6.06. The number of hydrogen-bond acceptors (Lipinski definition) is 5. The van der Waals surface area contributed by atoms with Gasteiger partial charge in [0.2, 0.25) is 10.0 Å². The molecule has 0 spiro atoms. The van der Waals surface area contributed by atoms with E-state index in [2.05, 4.69) is 15.4 Å². The fourth-order valence-electron chi connectivity index (χ4n) is 3.08. The van der Waals surface area contributed by atoms with Crippen LogP contribution in [-0.2, 0) is 10.0 Å². The van der Waals surface area contributed by atoms with E-state index in [1.807, 2.05) is 26.8 Å². The van der Waals surface area contributed by atoms with Crippen LogP contribution in [0.5, 0.6) is 0 Å². The van der Waals surface area contributed by atoms with E-state index in [9.17, 15) is 13.2 Å². The van der Waals surface area contributed by atoms with Crippen LogP contribution in [0.1, 0.15) is 29.9 Å². The molecule has 0 bridgehead atoms. The number of aryl methyl sites for hydroxylation is 1. The second-order valence-corrected chi connectivity index (χ2v) is 8.31. The van der Waals surface area contributed by atoms with Crippen molar-refractivity contribution >= 4 is 15.9 Å². The SMILES string of the molecule is Cc1cccc(S(=O)(=O)N2C[C@H](C)N(C(=O)c3cnn[nH]3)C[C@H]2C)c1. The highest BCUT2D eigenvalue weighted by Gasteiger charge is 2.39. The quantitative estimate of drug-likeness (QED) is 0.878. The van der Waals surface area contributed by atoms with Gasteiger partial charge in [0.25, 0.3) is 5.91 Å². The number of aromatic amines is 1. The molecule has 1 aromatic carbocycles. The molecule has 1 fully saturated rings. The first kappa shape index (κ1) is 17.6. The van der Waals surface area contributed by atoms with Gasteiger partial charge in [0.05, 0.1) is 11.1 Å². The van der Waals surface area contributed by atoms with Crippen LogP contribution in [0.15, 0.2) is 35.4 Å². The van der Waals surface area contributed by atoms with Gasteiger partial charge in [-0.15, -0.1) is 5.10 Å². The van der Waals surface area contributed by atoms with Crippen LogP contribution < -0.4 is 0 Å². The Hall–Kier alpha value is -2.26. The highest BCUT2D eigenvalue weighted by molar-refractivity contribution is 7.89. The van der Waals surface area contributed by atoms with Crippen LogP contribution in [0.3, 0.4) is 0 Å². The first-order valence-corrected chi connectivity index (χ1v) is 9.50. The van der Waals surface area contributed by atoms with Gasteiger partial charge in [0.15, 0.2) is 0 Å². The molecular formula is C16H21N5O3S. The number of nitrogens with one attached hydrogen (secondary N) is 1. The predicted octanol–water partition coefficient (Wildman–Crippen LogP) is 1.04. The van der Waals surface area contributed by atoms with Crippen molar-refractivity contribution in [2.24, 2.45) is 0 Å². The van der Waals surface area contributed by atoms with Gasteiger partial charge in [-0.05, 0) is 38.5 Å². The maximum atomic E-state index is 13.0. The molecule has 0 radical (unpaired) electrons. The molecule has 1 saturated heterocycles. The number of carbonyl (C=O) groups is 1. The van der Waals surface area contributed by atoms with Crippen molar-refractivity contribution < 1.29 is 13.2 Å². The molecule has 0 aliphatic carbocycles. The Morgan fingerprint density at radius 2 is 2.00 bits per heavy atom. The first-order valence-electron chi connectivity index (χ1n) is 8.06. The minimum Gasteiger partial charge on any atom is -0.332 e. The van der Waals surface area contributed by atoms with E-state index < -0.39 is 10.0 Å². The van der Waals surface area contributed by atoms with Crippen LogP contribution in [0.25, 0.3) is 0 Å². The molecule has 25 heavy (non-hydrogen) atoms. The highest BCUT2D eigenvalue weighted by Crippen LogP contribution is 2.25. The monoisotopic (exact) mass is 363 g/mol. The van der Waals surface area contributed by atoms with E-state index in [1.54, 1.807) is 23.1 Å². The molecule has 2 atom stereocenters. The summed E-state index contributed by atoms with van der Waals surface area (Å²) >= 11 is 0. The molecule has 1 aliphatic rings. The van der Waals surface area contributed by atoms with E-state index in [1.165, 1.54) is 10.5 Å². The van der Waals surface area contributed by atoms with Crippen LogP contribution in [0.2, 0.25) is 0 Å². The van der Waals surface area contributed by atoms with Gasteiger partial charge in [-0.3, -0.25) is 9.89 Å². The van der Waals surface area contributed by atoms with E-state index >= 15 is 0 Å². The zero-order chi connectivity index (χ0) is 18.2. The van der Waals surface area contributed by atoms with Crippen molar-refractivity contribution in [3.8, 4) is 0 Å². The smallest absolute Gasteiger partial charge is 0.273 e. The van der Waals surface area contributed by atoms with E-state index in [4.69, 9.17) is 0 Å². The number of hydrogen-bond donors (Lipinski definition) is 1. The maximum absolute atomic E-state index is 13.0. The van der Waals surface area contributed by atoms with Gasteiger partial charge in [-0.2, -0.15) is 4.31 Å². The Morgan fingerprint density at radius 1 is 1.24 bits per heavy atom. The number of rotatable bonds is 3. The average molecular weight is 363 g/mol. The molecule has 0 saturated carbocycles. The molecular weight excluding hydrogens is 342 g/mol. The lowest BCUT2D eigenvalue weighted by Crippen LogP contribution is -2.59. The summed E-state index contributed by atoms with van der Waals surface area (Å²) in [6.07, 6.45) is 1.37. The summed E-state index contributed by atoms with van der Waals surface area (Å²) in [7, 11) is -3.61. The normalized spacial score (nSPS) is 22.1. The topological polar surface area (TPSA) is 99.3 Å². The number of nitrogens with zero attached hydrogens (tertiary/aromatic N) is 4. The number of H-pyrrole nitrogens is 1. The van der Waals surface area contributed by atoms with Gasteiger partial charge in [0, 0.05) is 25.2 Å². The minimum atomic E-state index is -3.61. The molecule has 2 aromatic rings. The summed E-state index contributed by atoms with van der Waals surface area (Å²) in [5, 5.41) is 9.74. The highest BCUT2D eigenvalue weighted by atomic mass is 32.2. The van der Waals surface area contributed by atoms with Crippen molar-refractivity contribution in [2.45, 2.75) is 37.8 Å². The Morgan fingerprint density at radius 3 is 2.64 bits per heavy atom. The van der Waals surface area contributed by atoms with E-state index in [0.29, 0.717) is 12.2 Å². The fraction of sp³-hybridized carbons (Fsp3) is 0.438. The summed E-state index contributed by atoms with van der Waals surface area (Å²) in [4.78, 5) is 14.5. The Labute approximate surface area is 146 Å². The summed E-state index contributed by atoms with van der Waals surface area (Å²) < 4.78 is 27.5. The third-order valence-electron chi connectivity index (χ3n) is 4.43. The molecule has 8 nitrogen and oxygen atoms in total. The summed E-state index contributed by atoms with van der Waals surface area (Å²) in [5.74, 6) is -0.225. The molecule has 1 aromatic heterocycles. The Kier molecular flexibility index (Phi) is 4.61. The molecule has 1 amide bonds. The lowest BCUT2D eigenvalue weighted by Gasteiger charge is -2.43. The number of carbonyl (C=O) groups excluding carboxylic acids is 1. The molecule has 3 rings (SSSR count). The molecule has 9 heteroatoms. The predicted molar refractivity (Wildman–Crippen MR) is 91.4 cm³/mol. The van der Waals surface area contributed by atoms with Gasteiger partial charge in [-0.25, -0.2) is 8.42 Å². The van der Waals surface area contributed by atoms with E-state index in [0.717, 1.165) is 5.56 Å². The maximum Gasteiger partial charge on any atom is 0.273 e. The summed E-state index contributed by atoms with van der Waals surface area (Å²) in [5.41, 5.74) is 1.19. The number of benzene rings is 1. The zero-order valence-electron chi connectivity index (χ0n) is 14.4. The van der Waals surface area contributed by atoms with E-state index in [-0.39, 0.29) is 29.4 Å². The molecule has 0 unspecified atom stereocenters. The molecule has 1 N–H and O–H groups in total. The Bertz CT molecular complexity index is 866. The third kappa shape index (κ3) is 3.29. The Balaban J connectivity index is 1.84. The number of piperazine rings is 1. The largest absolute Gasteiger partial charge is 0.332 e.